The molecule has 1 amide bonds. The van der Waals surface area contributed by atoms with Gasteiger partial charge in [0, 0.05) is 22.9 Å². The van der Waals surface area contributed by atoms with E-state index >= 15 is 0 Å². The number of fused-ring (bicyclic) bond motifs is 1. The molecule has 5 rings (SSSR count). The number of carbonyl (C=O) groups is 2. The maximum Gasteiger partial charge on any atom is 0.329 e. The van der Waals surface area contributed by atoms with Gasteiger partial charge in [-0.3, -0.25) is 14.2 Å². The zero-order valence-electron chi connectivity index (χ0n) is 23.8. The first-order chi connectivity index (χ1) is 20.1. The predicted molar refractivity (Wildman–Crippen MR) is 163 cm³/mol. The molecule has 0 unspecified atom stereocenters. The number of nitrogens with one attached hydrogen (secondary N) is 1. The van der Waals surface area contributed by atoms with Crippen LogP contribution in [0.3, 0.4) is 0 Å². The molecule has 0 aliphatic heterocycles. The van der Waals surface area contributed by atoms with Crippen LogP contribution in [-0.4, -0.2) is 47.3 Å². The number of ether oxygens (including phenoxy) is 3. The topological polar surface area (TPSA) is 109 Å². The van der Waals surface area contributed by atoms with Crippen LogP contribution in [-0.2, 0) is 14.3 Å². The minimum Gasteiger partial charge on any atom is -0.493 e. The molecule has 0 bridgehead atoms. The van der Waals surface area contributed by atoms with Crippen molar-refractivity contribution in [1.29, 1.82) is 0 Å². The average molecular weight is 610 g/mol. The third-order valence-electron chi connectivity index (χ3n) is 7.09. The van der Waals surface area contributed by atoms with Crippen molar-refractivity contribution in [2.75, 3.05) is 13.7 Å². The Morgan fingerprint density at radius 3 is 2.50 bits per heavy atom. The van der Waals surface area contributed by atoms with Crippen LogP contribution in [0.15, 0.2) is 59.7 Å². The van der Waals surface area contributed by atoms with Gasteiger partial charge in [-0.2, -0.15) is 0 Å². The zero-order valence-corrected chi connectivity index (χ0v) is 25.3. The molecule has 2 aromatic carbocycles. The molecular weight excluding hydrogens is 578 g/mol. The highest BCUT2D eigenvalue weighted by atomic mass is 35.5. The lowest BCUT2D eigenvalue weighted by Crippen LogP contribution is -2.46. The summed E-state index contributed by atoms with van der Waals surface area (Å²) in [6.07, 6.45) is 2.91. The van der Waals surface area contributed by atoms with Gasteiger partial charge in [0.05, 0.1) is 18.3 Å². The van der Waals surface area contributed by atoms with Gasteiger partial charge in [0.25, 0.3) is 5.56 Å². The molecule has 2 atom stereocenters. The monoisotopic (exact) mass is 609 g/mol. The lowest BCUT2D eigenvalue weighted by atomic mass is 10.0. The molecular formula is C31H32ClN3O6S. The predicted octanol–water partition coefficient (Wildman–Crippen LogP) is 5.64. The van der Waals surface area contributed by atoms with Crippen molar-refractivity contribution in [2.45, 2.75) is 45.8 Å². The second-order valence-corrected chi connectivity index (χ2v) is 12.1. The summed E-state index contributed by atoms with van der Waals surface area (Å²) in [6.45, 7) is 5.22. The quantitative estimate of drug-likeness (QED) is 0.219. The van der Waals surface area contributed by atoms with Crippen LogP contribution in [0.25, 0.3) is 26.3 Å². The summed E-state index contributed by atoms with van der Waals surface area (Å²) in [6, 6.07) is 13.8. The fourth-order valence-corrected chi connectivity index (χ4v) is 5.80. The molecule has 9 nitrogen and oxygen atoms in total. The van der Waals surface area contributed by atoms with Gasteiger partial charge in [-0.25, -0.2) is 9.78 Å². The number of hydrogen-bond donors (Lipinski definition) is 1. The summed E-state index contributed by atoms with van der Waals surface area (Å²) in [7, 11) is 1.52. The van der Waals surface area contributed by atoms with E-state index in [4.69, 9.17) is 25.8 Å². The number of aromatic nitrogens is 2. The summed E-state index contributed by atoms with van der Waals surface area (Å²) in [5.41, 5.74) is 1.96. The van der Waals surface area contributed by atoms with Crippen LogP contribution in [0.4, 0.5) is 0 Å². The summed E-state index contributed by atoms with van der Waals surface area (Å²) < 4.78 is 19.5. The number of carbonyl (C=O) groups excluding carboxylic acids is 2. The maximum atomic E-state index is 13.4. The summed E-state index contributed by atoms with van der Waals surface area (Å²) in [5.74, 6) is 0.192. The molecule has 2 heterocycles. The van der Waals surface area contributed by atoms with E-state index in [2.05, 4.69) is 10.3 Å². The number of nitrogens with zero attached hydrogens (tertiary/aromatic N) is 2. The number of halogens is 1. The minimum absolute atomic E-state index is 0.120. The Labute approximate surface area is 252 Å². The van der Waals surface area contributed by atoms with E-state index < -0.39 is 18.1 Å². The first kappa shape index (κ1) is 29.6. The van der Waals surface area contributed by atoms with Gasteiger partial charge in [-0.15, -0.1) is 11.3 Å². The summed E-state index contributed by atoms with van der Waals surface area (Å²) in [4.78, 5) is 43.3. The zero-order chi connectivity index (χ0) is 30.0. The Balaban J connectivity index is 1.34. The van der Waals surface area contributed by atoms with Crippen molar-refractivity contribution in [2.24, 2.45) is 11.8 Å². The number of methoxy groups -OCH3 is 1. The third-order valence-corrected chi connectivity index (χ3v) is 8.50. The van der Waals surface area contributed by atoms with E-state index in [-0.39, 0.29) is 29.9 Å². The number of rotatable bonds is 11. The van der Waals surface area contributed by atoms with E-state index in [1.165, 1.54) is 36.3 Å². The fourth-order valence-electron chi connectivity index (χ4n) is 4.62. The van der Waals surface area contributed by atoms with Gasteiger partial charge in [-0.05, 0) is 60.6 Å². The highest BCUT2D eigenvalue weighted by Crippen LogP contribution is 2.37. The summed E-state index contributed by atoms with van der Waals surface area (Å²) in [5, 5.41) is 3.32. The number of esters is 1. The largest absolute Gasteiger partial charge is 0.493 e. The Kier molecular flexibility index (Phi) is 8.84. The van der Waals surface area contributed by atoms with Crippen LogP contribution in [0.1, 0.15) is 33.6 Å². The molecule has 1 N–H and O–H groups in total. The van der Waals surface area contributed by atoms with E-state index in [0.717, 1.165) is 23.3 Å². The molecule has 1 aliphatic carbocycles. The van der Waals surface area contributed by atoms with Crippen molar-refractivity contribution < 1.29 is 23.8 Å². The highest BCUT2D eigenvalue weighted by molar-refractivity contribution is 7.22. The third kappa shape index (κ3) is 6.60. The van der Waals surface area contributed by atoms with E-state index in [1.54, 1.807) is 18.2 Å². The van der Waals surface area contributed by atoms with E-state index in [0.29, 0.717) is 32.4 Å². The fraction of sp³-hybridized carbons (Fsp3) is 0.355. The lowest BCUT2D eigenvalue weighted by molar-refractivity contribution is -0.156. The first-order valence-electron chi connectivity index (χ1n) is 13.7. The first-order valence-corrected chi connectivity index (χ1v) is 14.9. The second kappa shape index (κ2) is 12.5. The molecule has 11 heteroatoms. The molecule has 1 fully saturated rings. The standard InChI is InChI=1S/C31H32ClN3O6S/c1-17(2)28(34-18(3)36)31(38)41-26(19-5-6-19)15-40-24-12-11-22(13-25(24)39-4)35-16-33-23-14-27(42-29(23)30(35)37)20-7-9-21(32)10-8-20/h7-14,16-17,19,26,28H,5-6,15H2,1-4H3,(H,34,36)/t26-,28-/m0/s1. The van der Waals surface area contributed by atoms with Gasteiger partial charge in [-0.1, -0.05) is 37.6 Å². The van der Waals surface area contributed by atoms with Crippen LogP contribution < -0.4 is 20.3 Å². The van der Waals surface area contributed by atoms with Gasteiger partial charge < -0.3 is 19.5 Å². The van der Waals surface area contributed by atoms with Crippen molar-refractivity contribution in [3.8, 4) is 27.6 Å². The number of hydrogen-bond acceptors (Lipinski definition) is 8. The van der Waals surface area contributed by atoms with Gasteiger partial charge in [0.15, 0.2) is 11.5 Å². The normalized spacial score (nSPS) is 14.4. The van der Waals surface area contributed by atoms with Gasteiger partial charge in [0.2, 0.25) is 5.91 Å². The maximum absolute atomic E-state index is 13.4. The average Bonchev–Trinajstić information content (AvgIpc) is 3.72. The van der Waals surface area contributed by atoms with Gasteiger partial charge >= 0.3 is 5.97 Å². The molecule has 0 spiro atoms. The van der Waals surface area contributed by atoms with Crippen molar-refractivity contribution in [1.82, 2.24) is 14.9 Å². The van der Waals surface area contributed by atoms with Crippen LogP contribution >= 0.6 is 22.9 Å². The SMILES string of the molecule is COc1cc(-n2cnc3cc(-c4ccc(Cl)cc4)sc3c2=O)ccc1OC[C@H](OC(=O)[C@@H](NC(C)=O)C(C)C)C1CC1. The van der Waals surface area contributed by atoms with Crippen molar-refractivity contribution in [3.05, 3.63) is 70.2 Å². The van der Waals surface area contributed by atoms with E-state index in [9.17, 15) is 14.4 Å². The molecule has 1 aliphatic rings. The Hall–Kier alpha value is -3.89. The van der Waals surface area contributed by atoms with Crippen molar-refractivity contribution >= 4 is 45.0 Å². The molecule has 0 radical (unpaired) electrons. The minimum atomic E-state index is -0.729. The number of benzene rings is 2. The number of amides is 1. The van der Waals surface area contributed by atoms with Crippen LogP contribution in [0.5, 0.6) is 11.5 Å². The van der Waals surface area contributed by atoms with Gasteiger partial charge in [0.1, 0.15) is 29.8 Å². The molecule has 1 saturated carbocycles. The highest BCUT2D eigenvalue weighted by Gasteiger charge is 2.37. The van der Waals surface area contributed by atoms with Crippen molar-refractivity contribution in [3.63, 3.8) is 0 Å². The van der Waals surface area contributed by atoms with Crippen LogP contribution in [0.2, 0.25) is 5.02 Å². The van der Waals surface area contributed by atoms with E-state index in [1.807, 2.05) is 44.2 Å². The number of thiophene rings is 1. The Bertz CT molecular complexity index is 1660. The Morgan fingerprint density at radius 1 is 1.12 bits per heavy atom. The lowest BCUT2D eigenvalue weighted by Gasteiger charge is -2.24. The molecule has 220 valence electrons. The molecule has 42 heavy (non-hydrogen) atoms. The molecule has 0 saturated heterocycles. The molecule has 2 aromatic heterocycles. The smallest absolute Gasteiger partial charge is 0.329 e. The molecule has 4 aromatic rings. The van der Waals surface area contributed by atoms with Crippen LogP contribution in [0, 0.1) is 11.8 Å². The summed E-state index contributed by atoms with van der Waals surface area (Å²) >= 11 is 7.40. The Morgan fingerprint density at radius 2 is 1.86 bits per heavy atom. The second-order valence-electron chi connectivity index (χ2n) is 10.6.